The fraction of sp³-hybridized carbons (Fsp3) is 0.263. The van der Waals surface area contributed by atoms with Crippen LogP contribution >= 0.6 is 0 Å². The molecule has 4 rings (SSSR count). The molecule has 0 saturated heterocycles. The molecular formula is C19H24N4. The molecule has 4 aromatic rings. The van der Waals surface area contributed by atoms with Crippen LogP contribution in [0.5, 0.6) is 0 Å². The maximum Gasteiger partial charge on any atom is 0.0955 e. The molecule has 0 amide bonds. The molecule has 0 aliphatic carbocycles. The number of hydrogen-bond acceptors (Lipinski definition) is 2. The van der Waals surface area contributed by atoms with Gasteiger partial charge in [0.05, 0.1) is 34.7 Å². The summed E-state index contributed by atoms with van der Waals surface area (Å²) >= 11 is 0. The first-order valence-electron chi connectivity index (χ1n) is 7.89. The van der Waals surface area contributed by atoms with E-state index < -0.39 is 0 Å². The van der Waals surface area contributed by atoms with Crippen molar-refractivity contribution < 1.29 is 0 Å². The Morgan fingerprint density at radius 1 is 0.739 bits per heavy atom. The molecular weight excluding hydrogens is 284 g/mol. The van der Waals surface area contributed by atoms with Crippen LogP contribution in [0.4, 0.5) is 0 Å². The minimum atomic E-state index is 1.06. The molecule has 0 N–H and O–H groups in total. The number of aryl methyl sites for hydroxylation is 3. The van der Waals surface area contributed by atoms with Crippen molar-refractivity contribution in [2.24, 2.45) is 14.1 Å². The van der Waals surface area contributed by atoms with Crippen LogP contribution in [-0.4, -0.2) is 19.1 Å². The molecule has 2 aromatic heterocycles. The van der Waals surface area contributed by atoms with E-state index in [1.807, 2.05) is 67.9 Å². The Kier molecular flexibility index (Phi) is 5.52. The summed E-state index contributed by atoms with van der Waals surface area (Å²) in [7, 11) is 4.00. The van der Waals surface area contributed by atoms with E-state index in [-0.39, 0.29) is 0 Å². The van der Waals surface area contributed by atoms with E-state index in [9.17, 15) is 0 Å². The first-order valence-corrected chi connectivity index (χ1v) is 7.89. The molecule has 0 saturated carbocycles. The number of imidazole rings is 2. The van der Waals surface area contributed by atoms with Crippen molar-refractivity contribution in [2.75, 3.05) is 0 Å². The van der Waals surface area contributed by atoms with Gasteiger partial charge in [0.15, 0.2) is 0 Å². The van der Waals surface area contributed by atoms with Gasteiger partial charge in [-0.05, 0) is 36.8 Å². The number of benzene rings is 2. The second kappa shape index (κ2) is 7.58. The molecule has 0 unspecified atom stereocenters. The molecule has 0 fully saturated rings. The molecule has 2 aromatic carbocycles. The number of para-hydroxylation sites is 2. The van der Waals surface area contributed by atoms with Crippen molar-refractivity contribution in [3.63, 3.8) is 0 Å². The quantitative estimate of drug-likeness (QED) is 0.480. The van der Waals surface area contributed by atoms with Gasteiger partial charge in [-0.25, -0.2) is 9.97 Å². The zero-order valence-corrected chi connectivity index (χ0v) is 14.5. The zero-order chi connectivity index (χ0) is 16.8. The molecule has 0 aliphatic heterocycles. The van der Waals surface area contributed by atoms with Gasteiger partial charge >= 0.3 is 0 Å². The van der Waals surface area contributed by atoms with Gasteiger partial charge in [-0.15, -0.1) is 0 Å². The van der Waals surface area contributed by atoms with Crippen LogP contribution < -0.4 is 0 Å². The molecule has 120 valence electrons. The zero-order valence-electron chi connectivity index (χ0n) is 14.5. The van der Waals surface area contributed by atoms with Gasteiger partial charge in [0.25, 0.3) is 0 Å². The van der Waals surface area contributed by atoms with E-state index in [4.69, 9.17) is 0 Å². The van der Waals surface area contributed by atoms with Crippen LogP contribution in [0.25, 0.3) is 22.1 Å². The van der Waals surface area contributed by atoms with E-state index in [2.05, 4.69) is 41.2 Å². The summed E-state index contributed by atoms with van der Waals surface area (Å²) in [5, 5.41) is 0. The summed E-state index contributed by atoms with van der Waals surface area (Å²) in [6, 6.07) is 14.4. The molecule has 23 heavy (non-hydrogen) atoms. The highest BCUT2D eigenvalue weighted by atomic mass is 15.0. The Hall–Kier alpha value is -2.62. The lowest BCUT2D eigenvalue weighted by molar-refractivity contribution is 0.947. The summed E-state index contributed by atoms with van der Waals surface area (Å²) in [6.07, 6.45) is 3.66. The smallest absolute Gasteiger partial charge is 0.0955 e. The molecule has 4 nitrogen and oxygen atoms in total. The molecule has 0 radical (unpaired) electrons. The van der Waals surface area contributed by atoms with Crippen molar-refractivity contribution >= 4 is 22.1 Å². The van der Waals surface area contributed by atoms with Gasteiger partial charge in [-0.2, -0.15) is 0 Å². The second-order valence-corrected chi connectivity index (χ2v) is 5.19. The van der Waals surface area contributed by atoms with E-state index in [0.29, 0.717) is 0 Å². The van der Waals surface area contributed by atoms with Gasteiger partial charge in [0, 0.05) is 14.1 Å². The third-order valence-electron chi connectivity index (χ3n) is 3.51. The predicted octanol–water partition coefficient (Wildman–Crippen LogP) is 4.48. The SMILES string of the molecule is CC.Cc1ccc2c(c1)ncn2C.Cn1cnc2ccccc21. The Labute approximate surface area is 137 Å². The maximum atomic E-state index is 4.24. The molecule has 0 spiro atoms. The Morgan fingerprint density at radius 3 is 1.96 bits per heavy atom. The summed E-state index contributed by atoms with van der Waals surface area (Å²) in [6.45, 7) is 6.08. The summed E-state index contributed by atoms with van der Waals surface area (Å²) in [5.41, 5.74) is 5.77. The van der Waals surface area contributed by atoms with Crippen LogP contribution in [0.2, 0.25) is 0 Å². The topological polar surface area (TPSA) is 35.6 Å². The molecule has 4 heteroatoms. The second-order valence-electron chi connectivity index (χ2n) is 5.19. The Morgan fingerprint density at radius 2 is 1.30 bits per heavy atom. The lowest BCUT2D eigenvalue weighted by atomic mass is 10.2. The Balaban J connectivity index is 0.000000152. The fourth-order valence-corrected chi connectivity index (χ4v) is 2.33. The van der Waals surface area contributed by atoms with E-state index in [1.165, 1.54) is 16.6 Å². The van der Waals surface area contributed by atoms with E-state index in [0.717, 1.165) is 11.0 Å². The van der Waals surface area contributed by atoms with Gasteiger partial charge in [-0.1, -0.05) is 32.0 Å². The van der Waals surface area contributed by atoms with E-state index in [1.54, 1.807) is 0 Å². The van der Waals surface area contributed by atoms with Crippen molar-refractivity contribution in [2.45, 2.75) is 20.8 Å². The van der Waals surface area contributed by atoms with Crippen LogP contribution in [0, 0.1) is 6.92 Å². The number of aromatic nitrogens is 4. The third kappa shape index (κ3) is 3.77. The largest absolute Gasteiger partial charge is 0.334 e. The number of fused-ring (bicyclic) bond motifs is 2. The minimum absolute atomic E-state index is 1.06. The molecule has 0 bridgehead atoms. The highest BCUT2D eigenvalue weighted by Crippen LogP contribution is 2.12. The third-order valence-corrected chi connectivity index (χ3v) is 3.51. The van der Waals surface area contributed by atoms with Crippen LogP contribution in [0.15, 0.2) is 55.1 Å². The highest BCUT2D eigenvalue weighted by molar-refractivity contribution is 5.76. The monoisotopic (exact) mass is 308 g/mol. The maximum absolute atomic E-state index is 4.24. The standard InChI is InChI=1S/C9H10N2.C8H8N2.C2H6/c1-7-3-4-9-8(5-7)10-6-11(9)2;1-10-6-9-7-4-2-3-5-8(7)10;1-2/h3-6H,1-2H3;2-6H,1H3;1-2H3. The summed E-state index contributed by atoms with van der Waals surface area (Å²) < 4.78 is 4.03. The number of hydrogen-bond donors (Lipinski definition) is 0. The Bertz CT molecular complexity index is 887. The molecule has 2 heterocycles. The van der Waals surface area contributed by atoms with Crippen LogP contribution in [0.3, 0.4) is 0 Å². The van der Waals surface area contributed by atoms with Gasteiger partial charge in [-0.3, -0.25) is 0 Å². The normalized spacial score (nSPS) is 9.96. The number of rotatable bonds is 0. The minimum Gasteiger partial charge on any atom is -0.334 e. The average Bonchev–Trinajstić information content (AvgIpc) is 3.14. The summed E-state index contributed by atoms with van der Waals surface area (Å²) in [4.78, 5) is 8.42. The molecule has 0 aliphatic rings. The van der Waals surface area contributed by atoms with E-state index >= 15 is 0 Å². The highest BCUT2D eigenvalue weighted by Gasteiger charge is 1.97. The number of nitrogens with zero attached hydrogens (tertiary/aromatic N) is 4. The van der Waals surface area contributed by atoms with Gasteiger partial charge < -0.3 is 9.13 Å². The first kappa shape index (κ1) is 16.7. The predicted molar refractivity (Wildman–Crippen MR) is 97.5 cm³/mol. The summed E-state index contributed by atoms with van der Waals surface area (Å²) in [5.74, 6) is 0. The van der Waals surface area contributed by atoms with Crippen molar-refractivity contribution in [1.82, 2.24) is 19.1 Å². The van der Waals surface area contributed by atoms with Crippen molar-refractivity contribution in [3.8, 4) is 0 Å². The van der Waals surface area contributed by atoms with Crippen molar-refractivity contribution in [1.29, 1.82) is 0 Å². The van der Waals surface area contributed by atoms with Crippen LogP contribution in [-0.2, 0) is 14.1 Å². The van der Waals surface area contributed by atoms with Crippen molar-refractivity contribution in [3.05, 3.63) is 60.7 Å². The van der Waals surface area contributed by atoms with Crippen LogP contribution in [0.1, 0.15) is 19.4 Å². The average molecular weight is 308 g/mol. The lowest BCUT2D eigenvalue weighted by Crippen LogP contribution is -1.82. The lowest BCUT2D eigenvalue weighted by Gasteiger charge is -1.93. The van der Waals surface area contributed by atoms with Gasteiger partial charge in [0.1, 0.15) is 0 Å². The van der Waals surface area contributed by atoms with Gasteiger partial charge in [0.2, 0.25) is 0 Å². The first-order chi connectivity index (χ1) is 11.1. The molecule has 0 atom stereocenters. The fourth-order valence-electron chi connectivity index (χ4n) is 2.33.